The summed E-state index contributed by atoms with van der Waals surface area (Å²) in [7, 11) is 0. The molecular weight excluding hydrogens is 218 g/mol. The third kappa shape index (κ3) is 2.99. The fourth-order valence-corrected chi connectivity index (χ4v) is 2.70. The zero-order valence-electron chi connectivity index (χ0n) is 9.95. The maximum absolute atomic E-state index is 5.95. The molecule has 1 heterocycles. The molecule has 1 fully saturated rings. The van der Waals surface area contributed by atoms with Crippen molar-refractivity contribution in [2.45, 2.75) is 26.3 Å². The van der Waals surface area contributed by atoms with Crippen molar-refractivity contribution in [1.29, 1.82) is 0 Å². The van der Waals surface area contributed by atoms with Gasteiger partial charge in [0.05, 0.1) is 0 Å². The summed E-state index contributed by atoms with van der Waals surface area (Å²) in [5.74, 6) is 1.50. The maximum atomic E-state index is 5.95. The van der Waals surface area contributed by atoms with Gasteiger partial charge in [0.1, 0.15) is 0 Å². The first kappa shape index (κ1) is 11.9. The van der Waals surface area contributed by atoms with E-state index in [0.717, 1.165) is 19.0 Å². The van der Waals surface area contributed by atoms with Crippen LogP contribution in [-0.2, 0) is 6.54 Å². The lowest BCUT2D eigenvalue weighted by atomic mass is 9.99. The highest BCUT2D eigenvalue weighted by Gasteiger charge is 2.19. The highest BCUT2D eigenvalue weighted by atomic mass is 35.5. The zero-order valence-corrected chi connectivity index (χ0v) is 10.7. The molecule has 1 nitrogen and oxygen atoms in total. The summed E-state index contributed by atoms with van der Waals surface area (Å²) in [6.45, 7) is 5.66. The summed E-state index contributed by atoms with van der Waals surface area (Å²) in [4.78, 5) is 2.54. The van der Waals surface area contributed by atoms with Gasteiger partial charge in [-0.25, -0.2) is 0 Å². The van der Waals surface area contributed by atoms with Gasteiger partial charge in [0.25, 0.3) is 0 Å². The molecule has 16 heavy (non-hydrogen) atoms. The minimum Gasteiger partial charge on any atom is -0.299 e. The SMILES string of the molecule is Cc1ccccc1CN1CCCC(CCl)C1. The fraction of sp³-hybridized carbons (Fsp3) is 0.571. The number of hydrogen-bond acceptors (Lipinski definition) is 1. The first-order valence-electron chi connectivity index (χ1n) is 6.12. The molecule has 2 heteroatoms. The Morgan fingerprint density at radius 1 is 1.38 bits per heavy atom. The predicted octanol–water partition coefficient (Wildman–Crippen LogP) is 3.45. The maximum Gasteiger partial charge on any atom is 0.0263 e. The number of piperidine rings is 1. The Hall–Kier alpha value is -0.530. The topological polar surface area (TPSA) is 3.24 Å². The van der Waals surface area contributed by atoms with Crippen LogP contribution in [-0.4, -0.2) is 23.9 Å². The van der Waals surface area contributed by atoms with Crippen LogP contribution in [0.5, 0.6) is 0 Å². The number of nitrogens with zero attached hydrogens (tertiary/aromatic N) is 1. The molecule has 0 bridgehead atoms. The predicted molar refractivity (Wildman–Crippen MR) is 69.9 cm³/mol. The van der Waals surface area contributed by atoms with Gasteiger partial charge in [-0.1, -0.05) is 24.3 Å². The molecule has 1 atom stereocenters. The molecule has 1 aliphatic rings. The molecule has 0 aromatic heterocycles. The molecule has 1 aromatic rings. The number of benzene rings is 1. The highest BCUT2D eigenvalue weighted by molar-refractivity contribution is 6.18. The van der Waals surface area contributed by atoms with E-state index in [1.54, 1.807) is 0 Å². The second-order valence-corrected chi connectivity index (χ2v) is 5.13. The summed E-state index contributed by atoms with van der Waals surface area (Å²) in [6, 6.07) is 8.67. The molecule has 1 aromatic carbocycles. The van der Waals surface area contributed by atoms with Gasteiger partial charge in [-0.05, 0) is 43.4 Å². The second-order valence-electron chi connectivity index (χ2n) is 4.82. The molecule has 1 saturated heterocycles. The third-order valence-corrected chi connectivity index (χ3v) is 3.91. The van der Waals surface area contributed by atoms with Gasteiger partial charge < -0.3 is 0 Å². The van der Waals surface area contributed by atoms with Crippen molar-refractivity contribution >= 4 is 11.6 Å². The number of alkyl halides is 1. The summed E-state index contributed by atoms with van der Waals surface area (Å²) < 4.78 is 0. The van der Waals surface area contributed by atoms with Gasteiger partial charge in [0, 0.05) is 19.0 Å². The normalized spacial score (nSPS) is 22.2. The minimum atomic E-state index is 0.694. The van der Waals surface area contributed by atoms with Crippen molar-refractivity contribution in [3.05, 3.63) is 35.4 Å². The molecule has 1 aliphatic heterocycles. The van der Waals surface area contributed by atoms with Crippen LogP contribution in [0.25, 0.3) is 0 Å². The summed E-state index contributed by atoms with van der Waals surface area (Å²) in [6.07, 6.45) is 2.59. The van der Waals surface area contributed by atoms with Crippen LogP contribution in [0.3, 0.4) is 0 Å². The minimum absolute atomic E-state index is 0.694. The van der Waals surface area contributed by atoms with E-state index in [9.17, 15) is 0 Å². The Bertz CT molecular complexity index is 337. The molecule has 0 amide bonds. The van der Waals surface area contributed by atoms with Gasteiger partial charge in [-0.15, -0.1) is 11.6 Å². The Morgan fingerprint density at radius 3 is 2.94 bits per heavy atom. The number of halogens is 1. The first-order chi connectivity index (χ1) is 7.79. The van der Waals surface area contributed by atoms with Gasteiger partial charge in [-0.3, -0.25) is 4.90 Å². The lowest BCUT2D eigenvalue weighted by Gasteiger charge is -2.32. The highest BCUT2D eigenvalue weighted by Crippen LogP contribution is 2.20. The number of rotatable bonds is 3. The van der Waals surface area contributed by atoms with E-state index in [1.165, 1.54) is 30.5 Å². The van der Waals surface area contributed by atoms with Crippen molar-refractivity contribution in [3.63, 3.8) is 0 Å². The van der Waals surface area contributed by atoms with Crippen molar-refractivity contribution in [2.75, 3.05) is 19.0 Å². The van der Waals surface area contributed by atoms with Crippen molar-refractivity contribution in [2.24, 2.45) is 5.92 Å². The Balaban J connectivity index is 1.97. The van der Waals surface area contributed by atoms with Crippen molar-refractivity contribution in [1.82, 2.24) is 4.90 Å². The van der Waals surface area contributed by atoms with Gasteiger partial charge >= 0.3 is 0 Å². The smallest absolute Gasteiger partial charge is 0.0263 e. The van der Waals surface area contributed by atoms with Crippen LogP contribution in [0.1, 0.15) is 24.0 Å². The number of aryl methyl sites for hydroxylation is 1. The lowest BCUT2D eigenvalue weighted by Crippen LogP contribution is -2.35. The van der Waals surface area contributed by atoms with Crippen LogP contribution >= 0.6 is 11.6 Å². The Morgan fingerprint density at radius 2 is 2.19 bits per heavy atom. The number of hydrogen-bond donors (Lipinski definition) is 0. The molecule has 0 saturated carbocycles. The molecule has 0 N–H and O–H groups in total. The summed E-state index contributed by atoms with van der Waals surface area (Å²) >= 11 is 5.95. The monoisotopic (exact) mass is 237 g/mol. The first-order valence-corrected chi connectivity index (χ1v) is 6.66. The Kier molecular flexibility index (Phi) is 4.25. The fourth-order valence-electron chi connectivity index (χ4n) is 2.45. The zero-order chi connectivity index (χ0) is 11.4. The van der Waals surface area contributed by atoms with E-state index in [1.807, 2.05) is 0 Å². The lowest BCUT2D eigenvalue weighted by molar-refractivity contribution is 0.178. The molecular formula is C14H20ClN. The standard InChI is InChI=1S/C14H20ClN/c1-12-5-2-3-7-14(12)11-16-8-4-6-13(9-15)10-16/h2-3,5,7,13H,4,6,8-11H2,1H3. The van der Waals surface area contributed by atoms with E-state index < -0.39 is 0 Å². The molecule has 0 spiro atoms. The summed E-state index contributed by atoms with van der Waals surface area (Å²) in [5, 5.41) is 0. The van der Waals surface area contributed by atoms with Gasteiger partial charge in [0.2, 0.25) is 0 Å². The molecule has 88 valence electrons. The largest absolute Gasteiger partial charge is 0.299 e. The van der Waals surface area contributed by atoms with Crippen LogP contribution < -0.4 is 0 Å². The Labute approximate surface area is 103 Å². The second kappa shape index (κ2) is 5.70. The summed E-state index contributed by atoms with van der Waals surface area (Å²) in [5.41, 5.74) is 2.85. The average molecular weight is 238 g/mol. The molecule has 1 unspecified atom stereocenters. The molecule has 2 rings (SSSR count). The number of likely N-dealkylation sites (tertiary alicyclic amines) is 1. The van der Waals surface area contributed by atoms with E-state index in [2.05, 4.69) is 36.1 Å². The van der Waals surface area contributed by atoms with E-state index in [-0.39, 0.29) is 0 Å². The van der Waals surface area contributed by atoms with Crippen LogP contribution in [0.4, 0.5) is 0 Å². The third-order valence-electron chi connectivity index (χ3n) is 3.48. The van der Waals surface area contributed by atoms with Crippen molar-refractivity contribution < 1.29 is 0 Å². The van der Waals surface area contributed by atoms with Crippen LogP contribution in [0.15, 0.2) is 24.3 Å². The van der Waals surface area contributed by atoms with Crippen LogP contribution in [0.2, 0.25) is 0 Å². The van der Waals surface area contributed by atoms with Gasteiger partial charge in [-0.2, -0.15) is 0 Å². The quantitative estimate of drug-likeness (QED) is 0.728. The van der Waals surface area contributed by atoms with E-state index in [0.29, 0.717) is 5.92 Å². The van der Waals surface area contributed by atoms with E-state index in [4.69, 9.17) is 11.6 Å². The van der Waals surface area contributed by atoms with Crippen LogP contribution in [0, 0.1) is 12.8 Å². The van der Waals surface area contributed by atoms with E-state index >= 15 is 0 Å². The average Bonchev–Trinajstić information content (AvgIpc) is 2.32. The molecule has 0 aliphatic carbocycles. The van der Waals surface area contributed by atoms with Gasteiger partial charge in [0.15, 0.2) is 0 Å². The molecule has 0 radical (unpaired) electrons. The van der Waals surface area contributed by atoms with Crippen molar-refractivity contribution in [3.8, 4) is 0 Å².